The second-order valence-corrected chi connectivity index (χ2v) is 4.89. The van der Waals surface area contributed by atoms with E-state index in [0.717, 1.165) is 13.1 Å². The van der Waals surface area contributed by atoms with E-state index < -0.39 is 0 Å². The number of fused-ring (bicyclic) bond motifs is 1. The van der Waals surface area contributed by atoms with E-state index >= 15 is 0 Å². The first-order valence-electron chi connectivity index (χ1n) is 5.19. The Balaban J connectivity index is 2.02. The molecule has 78 valence electrons. The number of rotatable bonds is 1. The standard InChI is InChI=1S/C11H13N3S/c1-3-12-9-10-2-4-14(11(1)10)13-5-7-15-8-6-13/h1-4,9H,5-8H2. The minimum absolute atomic E-state index is 1.14. The van der Waals surface area contributed by atoms with Crippen molar-refractivity contribution in [1.29, 1.82) is 0 Å². The van der Waals surface area contributed by atoms with Gasteiger partial charge in [-0.3, -0.25) is 9.66 Å². The molecule has 1 fully saturated rings. The highest BCUT2D eigenvalue weighted by atomic mass is 32.2. The summed E-state index contributed by atoms with van der Waals surface area (Å²) in [6.07, 6.45) is 5.92. The summed E-state index contributed by atoms with van der Waals surface area (Å²) in [5, 5.41) is 3.62. The maximum Gasteiger partial charge on any atom is 0.0725 e. The van der Waals surface area contributed by atoms with Crippen LogP contribution in [0.25, 0.3) is 10.9 Å². The molecule has 1 aliphatic rings. The molecule has 0 aromatic carbocycles. The molecule has 4 heteroatoms. The lowest BCUT2D eigenvalue weighted by atomic mass is 10.3. The fraction of sp³-hybridized carbons (Fsp3) is 0.364. The second-order valence-electron chi connectivity index (χ2n) is 3.66. The second kappa shape index (κ2) is 3.77. The topological polar surface area (TPSA) is 21.1 Å². The number of thioether (sulfide) groups is 1. The summed E-state index contributed by atoms with van der Waals surface area (Å²) in [5.41, 5.74) is 1.26. The van der Waals surface area contributed by atoms with Gasteiger partial charge in [-0.25, -0.2) is 0 Å². The quantitative estimate of drug-likeness (QED) is 0.728. The molecule has 2 aromatic heterocycles. The normalized spacial score (nSPS) is 17.2. The van der Waals surface area contributed by atoms with Crippen LogP contribution in [0.4, 0.5) is 0 Å². The lowest BCUT2D eigenvalue weighted by Crippen LogP contribution is -2.40. The van der Waals surface area contributed by atoms with E-state index in [1.807, 2.05) is 24.2 Å². The number of hydrogen-bond donors (Lipinski definition) is 0. The Kier molecular flexibility index (Phi) is 2.29. The number of aromatic nitrogens is 2. The van der Waals surface area contributed by atoms with E-state index in [1.54, 1.807) is 0 Å². The summed E-state index contributed by atoms with van der Waals surface area (Å²) in [6.45, 7) is 2.27. The molecule has 3 heterocycles. The number of hydrogen-bond acceptors (Lipinski definition) is 3. The van der Waals surface area contributed by atoms with E-state index in [2.05, 4.69) is 33.0 Å². The fourth-order valence-corrected chi connectivity index (χ4v) is 2.87. The van der Waals surface area contributed by atoms with E-state index in [0.29, 0.717) is 0 Å². The van der Waals surface area contributed by atoms with E-state index in [9.17, 15) is 0 Å². The van der Waals surface area contributed by atoms with Crippen LogP contribution in [0.15, 0.2) is 30.7 Å². The van der Waals surface area contributed by atoms with Crippen molar-refractivity contribution in [2.45, 2.75) is 0 Å². The molecule has 0 amide bonds. The summed E-state index contributed by atoms with van der Waals surface area (Å²) in [6, 6.07) is 4.21. The number of nitrogens with zero attached hydrogens (tertiary/aromatic N) is 3. The van der Waals surface area contributed by atoms with Crippen LogP contribution < -0.4 is 5.01 Å². The van der Waals surface area contributed by atoms with E-state index in [4.69, 9.17) is 0 Å². The van der Waals surface area contributed by atoms with Gasteiger partial charge in [-0.15, -0.1) is 0 Å². The van der Waals surface area contributed by atoms with Crippen LogP contribution in [-0.4, -0.2) is 34.3 Å². The Morgan fingerprint density at radius 1 is 1.20 bits per heavy atom. The Morgan fingerprint density at radius 2 is 2.07 bits per heavy atom. The maximum absolute atomic E-state index is 4.14. The van der Waals surface area contributed by atoms with Crippen LogP contribution in [0.1, 0.15) is 0 Å². The molecule has 1 aliphatic heterocycles. The molecule has 3 rings (SSSR count). The molecule has 0 unspecified atom stereocenters. The molecular weight excluding hydrogens is 206 g/mol. The Morgan fingerprint density at radius 3 is 2.93 bits per heavy atom. The maximum atomic E-state index is 4.14. The van der Waals surface area contributed by atoms with Crippen LogP contribution in [0.5, 0.6) is 0 Å². The third-order valence-electron chi connectivity index (χ3n) is 2.76. The molecule has 0 aliphatic carbocycles. The van der Waals surface area contributed by atoms with Crippen molar-refractivity contribution < 1.29 is 0 Å². The van der Waals surface area contributed by atoms with Crippen molar-refractivity contribution >= 4 is 22.7 Å². The highest BCUT2D eigenvalue weighted by Gasteiger charge is 2.12. The van der Waals surface area contributed by atoms with Gasteiger partial charge in [-0.05, 0) is 12.1 Å². The lowest BCUT2D eigenvalue weighted by molar-refractivity contribution is 0.636. The van der Waals surface area contributed by atoms with Crippen LogP contribution in [0, 0.1) is 0 Å². The van der Waals surface area contributed by atoms with Crippen LogP contribution in [0.2, 0.25) is 0 Å². The van der Waals surface area contributed by atoms with Gasteiger partial charge >= 0.3 is 0 Å². The smallest absolute Gasteiger partial charge is 0.0725 e. The minimum atomic E-state index is 1.14. The molecular formula is C11H13N3S. The zero-order valence-corrected chi connectivity index (χ0v) is 9.28. The largest absolute Gasteiger partial charge is 0.311 e. The Bertz CT molecular complexity index is 460. The van der Waals surface area contributed by atoms with Gasteiger partial charge in [0.1, 0.15) is 0 Å². The van der Waals surface area contributed by atoms with Crippen LogP contribution >= 0.6 is 11.8 Å². The zero-order chi connectivity index (χ0) is 10.1. The lowest BCUT2D eigenvalue weighted by Gasteiger charge is -2.30. The van der Waals surface area contributed by atoms with Crippen molar-refractivity contribution in [2.24, 2.45) is 0 Å². The van der Waals surface area contributed by atoms with Gasteiger partial charge in [0.25, 0.3) is 0 Å². The van der Waals surface area contributed by atoms with Crippen molar-refractivity contribution in [2.75, 3.05) is 29.6 Å². The molecule has 0 saturated carbocycles. The highest BCUT2D eigenvalue weighted by Crippen LogP contribution is 2.16. The van der Waals surface area contributed by atoms with Gasteiger partial charge in [0.05, 0.1) is 5.52 Å². The molecule has 0 atom stereocenters. The summed E-state index contributed by atoms with van der Waals surface area (Å²) in [7, 11) is 0. The van der Waals surface area contributed by atoms with Crippen LogP contribution in [-0.2, 0) is 0 Å². The highest BCUT2D eigenvalue weighted by molar-refractivity contribution is 7.99. The molecule has 0 spiro atoms. The molecule has 0 N–H and O–H groups in total. The van der Waals surface area contributed by atoms with Crippen molar-refractivity contribution in [1.82, 2.24) is 9.66 Å². The van der Waals surface area contributed by atoms with Gasteiger partial charge < -0.3 is 5.01 Å². The monoisotopic (exact) mass is 219 g/mol. The third kappa shape index (κ3) is 1.59. The first-order valence-corrected chi connectivity index (χ1v) is 6.35. The van der Waals surface area contributed by atoms with Crippen molar-refractivity contribution in [3.8, 4) is 0 Å². The minimum Gasteiger partial charge on any atom is -0.311 e. The SMILES string of the molecule is c1cc2c(ccn2N2CCSCC2)cn1. The fourth-order valence-electron chi connectivity index (χ4n) is 1.98. The van der Waals surface area contributed by atoms with Gasteiger partial charge in [0.2, 0.25) is 0 Å². The third-order valence-corrected chi connectivity index (χ3v) is 3.70. The summed E-state index contributed by atoms with van der Waals surface area (Å²) >= 11 is 2.03. The molecule has 0 radical (unpaired) electrons. The first kappa shape index (κ1) is 9.09. The Hall–Kier alpha value is -1.16. The van der Waals surface area contributed by atoms with Gasteiger partial charge in [0.15, 0.2) is 0 Å². The van der Waals surface area contributed by atoms with Crippen LogP contribution in [0.3, 0.4) is 0 Å². The Labute approximate surface area is 93.1 Å². The summed E-state index contributed by atoms with van der Waals surface area (Å²) in [5.74, 6) is 2.45. The predicted octanol–water partition coefficient (Wildman–Crippen LogP) is 1.72. The zero-order valence-electron chi connectivity index (χ0n) is 8.47. The van der Waals surface area contributed by atoms with Crippen molar-refractivity contribution in [3.05, 3.63) is 30.7 Å². The summed E-state index contributed by atoms with van der Waals surface area (Å²) in [4.78, 5) is 4.14. The van der Waals surface area contributed by atoms with Gasteiger partial charge in [-0.1, -0.05) is 0 Å². The predicted molar refractivity (Wildman–Crippen MR) is 65.0 cm³/mol. The average Bonchev–Trinajstić information content (AvgIpc) is 2.74. The van der Waals surface area contributed by atoms with Gasteiger partial charge in [-0.2, -0.15) is 11.8 Å². The molecule has 3 nitrogen and oxygen atoms in total. The number of pyridine rings is 1. The van der Waals surface area contributed by atoms with E-state index in [1.165, 1.54) is 22.4 Å². The average molecular weight is 219 g/mol. The van der Waals surface area contributed by atoms with Crippen molar-refractivity contribution in [3.63, 3.8) is 0 Å². The molecule has 15 heavy (non-hydrogen) atoms. The molecule has 1 saturated heterocycles. The van der Waals surface area contributed by atoms with E-state index in [-0.39, 0.29) is 0 Å². The molecule has 2 aromatic rings. The summed E-state index contributed by atoms with van der Waals surface area (Å²) < 4.78 is 2.26. The first-order chi connectivity index (χ1) is 7.45. The molecule has 0 bridgehead atoms. The van der Waals surface area contributed by atoms with Gasteiger partial charge in [0, 0.05) is 48.6 Å².